The van der Waals surface area contributed by atoms with Crippen molar-refractivity contribution >= 4 is 29.5 Å². The van der Waals surface area contributed by atoms with Crippen molar-refractivity contribution in [2.75, 3.05) is 5.01 Å². The second-order valence-electron chi connectivity index (χ2n) is 13.5. The Morgan fingerprint density at radius 2 is 1.78 bits per heavy atom. The molecule has 5 amide bonds. The molecule has 5 aliphatic rings. The third-order valence-corrected chi connectivity index (χ3v) is 10.3. The van der Waals surface area contributed by atoms with E-state index < -0.39 is 29.7 Å². The molecule has 0 radical (unpaired) electrons. The number of imide groups is 2. The summed E-state index contributed by atoms with van der Waals surface area (Å²) in [6.07, 6.45) is 9.47. The minimum absolute atomic E-state index is 0.00537. The van der Waals surface area contributed by atoms with Gasteiger partial charge in [0.25, 0.3) is 11.8 Å². The smallest absolute Gasteiger partial charge is 0.262 e. The molecule has 3 saturated carbocycles. The van der Waals surface area contributed by atoms with Crippen LogP contribution in [0.3, 0.4) is 0 Å². The van der Waals surface area contributed by atoms with E-state index in [0.717, 1.165) is 53.2 Å². The molecule has 1 N–H and O–H groups in total. The Labute approximate surface area is 259 Å². The van der Waals surface area contributed by atoms with Crippen LogP contribution in [-0.2, 0) is 20.9 Å². The Morgan fingerprint density at radius 1 is 1.00 bits per heavy atom. The number of carbonyl (C=O) groups excluding carboxylic acids is 5. The third kappa shape index (κ3) is 4.67. The maximum atomic E-state index is 14.2. The average molecular weight is 607 g/mol. The topological polar surface area (TPSA) is 135 Å². The van der Waals surface area contributed by atoms with Crippen LogP contribution in [0.1, 0.15) is 101 Å². The van der Waals surface area contributed by atoms with Crippen LogP contribution < -0.4 is 10.3 Å². The van der Waals surface area contributed by atoms with Gasteiger partial charge in [0.1, 0.15) is 6.04 Å². The van der Waals surface area contributed by atoms with Gasteiger partial charge in [0, 0.05) is 29.5 Å². The number of nitrogens with one attached hydrogen (secondary N) is 1. The molecule has 3 aliphatic carbocycles. The van der Waals surface area contributed by atoms with Gasteiger partial charge < -0.3 is 0 Å². The minimum atomic E-state index is -1.03. The van der Waals surface area contributed by atoms with Gasteiger partial charge in [-0.05, 0) is 87.1 Å². The summed E-state index contributed by atoms with van der Waals surface area (Å²) in [6, 6.07) is 9.85. The van der Waals surface area contributed by atoms with Crippen molar-refractivity contribution in [2.45, 2.75) is 83.2 Å². The number of piperidine rings is 1. The number of nitrogens with zero attached hydrogens (tertiary/aromatic N) is 5. The quantitative estimate of drug-likeness (QED) is 0.405. The maximum Gasteiger partial charge on any atom is 0.262 e. The van der Waals surface area contributed by atoms with E-state index in [1.807, 2.05) is 31.3 Å². The van der Waals surface area contributed by atoms with Crippen molar-refractivity contribution in [2.24, 2.45) is 11.3 Å². The summed E-state index contributed by atoms with van der Waals surface area (Å²) in [7, 11) is 0. The van der Waals surface area contributed by atoms with E-state index in [9.17, 15) is 24.0 Å². The molecule has 1 aromatic carbocycles. The first-order chi connectivity index (χ1) is 21.7. The SMILES string of the molecule is Cc1cccc(-c2cn(N(Cc3ccc4c(c3)C(=O)N(C3CCC(=O)NC3=O)C4=O)C(=O)C3CC4(CCC4)C3)nc2C2CC2)n1. The van der Waals surface area contributed by atoms with Gasteiger partial charge in [-0.2, -0.15) is 9.89 Å². The number of benzene rings is 1. The number of rotatable bonds is 7. The molecule has 11 heteroatoms. The highest BCUT2D eigenvalue weighted by Gasteiger charge is 2.52. The van der Waals surface area contributed by atoms with Crippen LogP contribution in [0.2, 0.25) is 0 Å². The van der Waals surface area contributed by atoms with Gasteiger partial charge in [0.05, 0.1) is 35.3 Å². The first-order valence-electron chi connectivity index (χ1n) is 15.9. The van der Waals surface area contributed by atoms with Crippen molar-refractivity contribution in [3.63, 3.8) is 0 Å². The Morgan fingerprint density at radius 3 is 2.47 bits per heavy atom. The number of aryl methyl sites for hydroxylation is 1. The summed E-state index contributed by atoms with van der Waals surface area (Å²) >= 11 is 0. The van der Waals surface area contributed by atoms with Gasteiger partial charge in [-0.25, -0.2) is 5.01 Å². The van der Waals surface area contributed by atoms with E-state index in [2.05, 4.69) is 5.32 Å². The molecular weight excluding hydrogens is 572 g/mol. The molecule has 45 heavy (non-hydrogen) atoms. The van der Waals surface area contributed by atoms with E-state index in [4.69, 9.17) is 10.1 Å². The number of aromatic nitrogens is 3. The number of hydrogen-bond donors (Lipinski definition) is 1. The van der Waals surface area contributed by atoms with Gasteiger partial charge >= 0.3 is 0 Å². The molecule has 11 nitrogen and oxygen atoms in total. The first kappa shape index (κ1) is 27.8. The summed E-state index contributed by atoms with van der Waals surface area (Å²) in [5.74, 6) is -1.97. The molecule has 230 valence electrons. The predicted molar refractivity (Wildman–Crippen MR) is 161 cm³/mol. The lowest BCUT2D eigenvalue weighted by Gasteiger charge is -2.54. The Bertz CT molecular complexity index is 1800. The zero-order valence-electron chi connectivity index (χ0n) is 25.1. The molecule has 1 saturated heterocycles. The fourth-order valence-electron chi connectivity index (χ4n) is 7.54. The van der Waals surface area contributed by atoms with E-state index in [-0.39, 0.29) is 42.3 Å². The van der Waals surface area contributed by atoms with Crippen LogP contribution in [0.15, 0.2) is 42.6 Å². The lowest BCUT2D eigenvalue weighted by atomic mass is 9.51. The Kier molecular flexibility index (Phi) is 6.30. The molecule has 2 aliphatic heterocycles. The van der Waals surface area contributed by atoms with Crippen molar-refractivity contribution in [3.8, 4) is 11.3 Å². The number of pyridine rings is 1. The number of carbonyl (C=O) groups is 5. The highest BCUT2D eigenvalue weighted by Crippen LogP contribution is 2.59. The van der Waals surface area contributed by atoms with Crippen LogP contribution >= 0.6 is 0 Å². The Hall–Kier alpha value is -4.67. The second-order valence-corrected chi connectivity index (χ2v) is 13.5. The molecule has 3 aromatic rings. The highest BCUT2D eigenvalue weighted by atomic mass is 16.2. The maximum absolute atomic E-state index is 14.2. The van der Waals surface area contributed by atoms with Crippen LogP contribution in [-0.4, -0.2) is 55.4 Å². The van der Waals surface area contributed by atoms with Gasteiger partial charge in [-0.15, -0.1) is 0 Å². The number of hydrogen-bond acceptors (Lipinski definition) is 7. The summed E-state index contributed by atoms with van der Waals surface area (Å²) in [6.45, 7) is 2.11. The van der Waals surface area contributed by atoms with E-state index in [1.165, 1.54) is 19.3 Å². The van der Waals surface area contributed by atoms with E-state index in [0.29, 0.717) is 16.9 Å². The van der Waals surface area contributed by atoms with Crippen LogP contribution in [0.5, 0.6) is 0 Å². The van der Waals surface area contributed by atoms with Crippen molar-refractivity contribution in [1.29, 1.82) is 0 Å². The molecule has 4 heterocycles. The van der Waals surface area contributed by atoms with Crippen LogP contribution in [0.4, 0.5) is 0 Å². The van der Waals surface area contributed by atoms with Crippen LogP contribution in [0.25, 0.3) is 11.3 Å². The monoisotopic (exact) mass is 606 g/mol. The summed E-state index contributed by atoms with van der Waals surface area (Å²) in [5.41, 5.74) is 4.95. The van der Waals surface area contributed by atoms with Gasteiger partial charge in [-0.3, -0.25) is 39.2 Å². The number of amides is 5. The number of fused-ring (bicyclic) bond motifs is 1. The Balaban J connectivity index is 1.12. The summed E-state index contributed by atoms with van der Waals surface area (Å²) in [4.78, 5) is 72.5. The molecule has 1 spiro atoms. The fraction of sp³-hybridized carbons (Fsp3) is 0.441. The molecule has 2 aromatic heterocycles. The zero-order valence-corrected chi connectivity index (χ0v) is 25.1. The first-order valence-corrected chi connectivity index (χ1v) is 15.9. The van der Waals surface area contributed by atoms with Crippen molar-refractivity contribution < 1.29 is 24.0 Å². The zero-order chi connectivity index (χ0) is 31.0. The lowest BCUT2D eigenvalue weighted by molar-refractivity contribution is -0.137. The summed E-state index contributed by atoms with van der Waals surface area (Å²) in [5, 5.41) is 8.87. The van der Waals surface area contributed by atoms with Crippen molar-refractivity contribution in [3.05, 3.63) is 70.7 Å². The molecule has 0 bridgehead atoms. The largest absolute Gasteiger partial charge is 0.295 e. The molecular formula is C34H34N6O5. The second kappa shape index (κ2) is 10.2. The van der Waals surface area contributed by atoms with E-state index >= 15 is 0 Å². The normalized spacial score (nSPS) is 22.2. The highest BCUT2D eigenvalue weighted by molar-refractivity contribution is 6.23. The van der Waals surface area contributed by atoms with Gasteiger partial charge in [0.2, 0.25) is 17.7 Å². The summed E-state index contributed by atoms with van der Waals surface area (Å²) < 4.78 is 0. The molecule has 1 unspecified atom stereocenters. The fourth-order valence-corrected chi connectivity index (χ4v) is 7.54. The van der Waals surface area contributed by atoms with Gasteiger partial charge in [-0.1, -0.05) is 18.6 Å². The molecule has 4 fully saturated rings. The third-order valence-electron chi connectivity index (χ3n) is 10.3. The molecule has 8 rings (SSSR count). The standard InChI is InChI=1S/C34H34N6O5/c1-19-4-2-5-26(35-19)25-18-39(37-29(25)21-7-8-21)38(31(43)22-15-34(16-22)12-3-13-34)17-20-6-9-23-24(14-20)33(45)40(32(23)44)27-10-11-28(41)36-30(27)42/h2,4-6,9,14,18,21-22,27H,3,7-8,10-13,15-17H2,1H3,(H,36,41,42). The predicted octanol–water partition coefficient (Wildman–Crippen LogP) is 3.78. The average Bonchev–Trinajstić information content (AvgIpc) is 3.67. The van der Waals surface area contributed by atoms with Crippen molar-refractivity contribution in [1.82, 2.24) is 25.1 Å². The van der Waals surface area contributed by atoms with Gasteiger partial charge in [0.15, 0.2) is 0 Å². The van der Waals surface area contributed by atoms with Crippen LogP contribution in [0, 0.1) is 18.3 Å². The minimum Gasteiger partial charge on any atom is -0.295 e. The van der Waals surface area contributed by atoms with E-state index in [1.54, 1.807) is 28.0 Å². The lowest BCUT2D eigenvalue weighted by Crippen LogP contribution is -2.54. The molecule has 1 atom stereocenters.